The number of aromatic amines is 1. The van der Waals surface area contributed by atoms with Crippen LogP contribution in [0.1, 0.15) is 5.56 Å². The number of fused-ring (bicyclic) bond motifs is 1. The number of methoxy groups -OCH3 is 1. The van der Waals surface area contributed by atoms with Gasteiger partial charge < -0.3 is 9.72 Å². The van der Waals surface area contributed by atoms with E-state index in [1.807, 2.05) is 49.4 Å². The molecule has 0 fully saturated rings. The van der Waals surface area contributed by atoms with Crippen LogP contribution in [0.5, 0.6) is 5.75 Å². The van der Waals surface area contributed by atoms with Gasteiger partial charge >= 0.3 is 0 Å². The number of H-pyrrole nitrogens is 1. The summed E-state index contributed by atoms with van der Waals surface area (Å²) in [6.07, 6.45) is 0. The molecule has 3 aromatic rings. The molecule has 2 aromatic carbocycles. The van der Waals surface area contributed by atoms with Crippen molar-refractivity contribution in [2.75, 3.05) is 7.11 Å². The maximum absolute atomic E-state index is 12.4. The number of aryl methyl sites for hydroxylation is 1. The van der Waals surface area contributed by atoms with E-state index in [-0.39, 0.29) is 5.43 Å². The van der Waals surface area contributed by atoms with Crippen LogP contribution in [0.25, 0.3) is 22.2 Å². The second-order valence-electron chi connectivity index (χ2n) is 4.75. The molecular formula is C17H15NO2. The lowest BCUT2D eigenvalue weighted by atomic mass is 10.1. The van der Waals surface area contributed by atoms with Crippen molar-refractivity contribution < 1.29 is 4.74 Å². The molecule has 0 saturated carbocycles. The van der Waals surface area contributed by atoms with Crippen LogP contribution in [0.2, 0.25) is 0 Å². The van der Waals surface area contributed by atoms with Crippen LogP contribution in [-0.4, -0.2) is 12.1 Å². The summed E-state index contributed by atoms with van der Waals surface area (Å²) < 4.78 is 5.36. The fourth-order valence-corrected chi connectivity index (χ4v) is 2.45. The molecule has 3 rings (SSSR count). The number of nitrogens with one attached hydrogen (secondary N) is 1. The van der Waals surface area contributed by atoms with Gasteiger partial charge in [-0.25, -0.2) is 0 Å². The summed E-state index contributed by atoms with van der Waals surface area (Å²) >= 11 is 0. The number of hydrogen-bond acceptors (Lipinski definition) is 2. The van der Waals surface area contributed by atoms with E-state index in [0.717, 1.165) is 22.3 Å². The Morgan fingerprint density at radius 1 is 1.05 bits per heavy atom. The highest BCUT2D eigenvalue weighted by atomic mass is 16.5. The average Bonchev–Trinajstić information content (AvgIpc) is 2.48. The van der Waals surface area contributed by atoms with Crippen LogP contribution in [0.4, 0.5) is 0 Å². The molecule has 0 saturated heterocycles. The lowest BCUT2D eigenvalue weighted by Gasteiger charge is -2.10. The van der Waals surface area contributed by atoms with E-state index in [9.17, 15) is 4.79 Å². The van der Waals surface area contributed by atoms with E-state index in [1.54, 1.807) is 13.2 Å². The monoisotopic (exact) mass is 265 g/mol. The first-order valence-corrected chi connectivity index (χ1v) is 6.47. The zero-order chi connectivity index (χ0) is 14.1. The van der Waals surface area contributed by atoms with Crippen molar-refractivity contribution in [1.29, 1.82) is 0 Å². The quantitative estimate of drug-likeness (QED) is 0.770. The van der Waals surface area contributed by atoms with Gasteiger partial charge in [0.1, 0.15) is 5.75 Å². The van der Waals surface area contributed by atoms with Crippen molar-refractivity contribution in [2.45, 2.75) is 6.92 Å². The fourth-order valence-electron chi connectivity index (χ4n) is 2.45. The Labute approximate surface area is 116 Å². The third-order valence-electron chi connectivity index (χ3n) is 3.46. The maximum atomic E-state index is 12.4. The smallest absolute Gasteiger partial charge is 0.190 e. The molecule has 0 atom stereocenters. The molecule has 0 aliphatic carbocycles. The van der Waals surface area contributed by atoms with E-state index >= 15 is 0 Å². The minimum atomic E-state index is 0.00834. The van der Waals surface area contributed by atoms with E-state index < -0.39 is 0 Å². The minimum Gasteiger partial charge on any atom is -0.495 e. The van der Waals surface area contributed by atoms with E-state index in [1.165, 1.54) is 0 Å². The van der Waals surface area contributed by atoms with Gasteiger partial charge in [0, 0.05) is 11.8 Å². The van der Waals surface area contributed by atoms with E-state index in [2.05, 4.69) is 4.98 Å². The van der Waals surface area contributed by atoms with Gasteiger partial charge in [0.2, 0.25) is 0 Å². The van der Waals surface area contributed by atoms with Gasteiger partial charge in [0.15, 0.2) is 5.43 Å². The number of pyridine rings is 1. The Bertz CT molecular complexity index is 820. The standard InChI is InChI=1S/C17H15NO2/c1-11-8-9-15(20-2)17-16(11)14(19)10-13(18-17)12-6-4-3-5-7-12/h3-10H,1-2H3,(H,18,19). The molecule has 0 unspecified atom stereocenters. The van der Waals surface area contributed by atoms with Gasteiger partial charge in [-0.1, -0.05) is 36.4 Å². The first kappa shape index (κ1) is 12.5. The Kier molecular flexibility index (Phi) is 3.03. The highest BCUT2D eigenvalue weighted by Crippen LogP contribution is 2.26. The molecule has 20 heavy (non-hydrogen) atoms. The summed E-state index contributed by atoms with van der Waals surface area (Å²) in [5.74, 6) is 0.681. The Morgan fingerprint density at radius 3 is 2.50 bits per heavy atom. The first-order chi connectivity index (χ1) is 9.70. The fraction of sp³-hybridized carbons (Fsp3) is 0.118. The summed E-state index contributed by atoms with van der Waals surface area (Å²) in [6, 6.07) is 15.2. The number of rotatable bonds is 2. The lowest BCUT2D eigenvalue weighted by molar-refractivity contribution is 0.419. The van der Waals surface area contributed by atoms with Crippen LogP contribution in [0.15, 0.2) is 53.3 Å². The van der Waals surface area contributed by atoms with E-state index in [0.29, 0.717) is 11.1 Å². The van der Waals surface area contributed by atoms with Gasteiger partial charge in [-0.15, -0.1) is 0 Å². The highest BCUT2D eigenvalue weighted by Gasteiger charge is 2.10. The molecule has 0 bridgehead atoms. The van der Waals surface area contributed by atoms with Crippen LogP contribution in [0.3, 0.4) is 0 Å². The third kappa shape index (κ3) is 1.97. The predicted octanol–water partition coefficient (Wildman–Crippen LogP) is 3.51. The van der Waals surface area contributed by atoms with Crippen LogP contribution in [0, 0.1) is 6.92 Å². The number of aromatic nitrogens is 1. The van der Waals surface area contributed by atoms with Gasteiger partial charge in [-0.2, -0.15) is 0 Å². The molecule has 0 aliphatic rings. The molecule has 3 heteroatoms. The molecule has 0 aliphatic heterocycles. The largest absolute Gasteiger partial charge is 0.495 e. The van der Waals surface area contributed by atoms with E-state index in [4.69, 9.17) is 4.74 Å². The topological polar surface area (TPSA) is 42.1 Å². The van der Waals surface area contributed by atoms with Crippen molar-refractivity contribution in [2.24, 2.45) is 0 Å². The number of benzene rings is 2. The highest BCUT2D eigenvalue weighted by molar-refractivity contribution is 5.89. The second-order valence-corrected chi connectivity index (χ2v) is 4.75. The van der Waals surface area contributed by atoms with Gasteiger partial charge in [0.25, 0.3) is 0 Å². The molecule has 0 radical (unpaired) electrons. The van der Waals surface area contributed by atoms with Crippen LogP contribution >= 0.6 is 0 Å². The number of ether oxygens (including phenoxy) is 1. The summed E-state index contributed by atoms with van der Waals surface area (Å²) in [5, 5.41) is 0.684. The number of hydrogen-bond donors (Lipinski definition) is 1. The molecule has 1 N–H and O–H groups in total. The molecule has 1 heterocycles. The molecular weight excluding hydrogens is 250 g/mol. The van der Waals surface area contributed by atoms with Crippen LogP contribution in [-0.2, 0) is 0 Å². The molecule has 0 amide bonds. The Hall–Kier alpha value is -2.55. The molecule has 1 aromatic heterocycles. The average molecular weight is 265 g/mol. The molecule has 3 nitrogen and oxygen atoms in total. The second kappa shape index (κ2) is 4.85. The van der Waals surface area contributed by atoms with Gasteiger partial charge in [0.05, 0.1) is 18.0 Å². The molecule has 0 spiro atoms. The van der Waals surface area contributed by atoms with Crippen molar-refractivity contribution in [1.82, 2.24) is 4.98 Å². The lowest BCUT2D eigenvalue weighted by Crippen LogP contribution is -2.05. The minimum absolute atomic E-state index is 0.00834. The first-order valence-electron chi connectivity index (χ1n) is 6.47. The zero-order valence-electron chi connectivity index (χ0n) is 11.4. The summed E-state index contributed by atoms with van der Waals surface area (Å²) in [4.78, 5) is 15.7. The Balaban J connectivity index is 2.37. The zero-order valence-corrected chi connectivity index (χ0v) is 11.4. The summed E-state index contributed by atoms with van der Waals surface area (Å²) in [5.41, 5.74) is 3.48. The summed E-state index contributed by atoms with van der Waals surface area (Å²) in [6.45, 7) is 1.93. The van der Waals surface area contributed by atoms with Crippen molar-refractivity contribution in [3.8, 4) is 17.0 Å². The third-order valence-corrected chi connectivity index (χ3v) is 3.46. The van der Waals surface area contributed by atoms with Crippen molar-refractivity contribution in [3.05, 3.63) is 64.3 Å². The summed E-state index contributed by atoms with van der Waals surface area (Å²) in [7, 11) is 1.61. The van der Waals surface area contributed by atoms with Crippen LogP contribution < -0.4 is 10.2 Å². The van der Waals surface area contributed by atoms with Crippen molar-refractivity contribution >= 4 is 10.9 Å². The van der Waals surface area contributed by atoms with Crippen molar-refractivity contribution in [3.63, 3.8) is 0 Å². The predicted molar refractivity (Wildman–Crippen MR) is 81.3 cm³/mol. The molecule has 100 valence electrons. The SMILES string of the molecule is COc1ccc(C)c2c(=O)cc(-c3ccccc3)[nH]c12. The van der Waals surface area contributed by atoms with Gasteiger partial charge in [-0.3, -0.25) is 4.79 Å². The maximum Gasteiger partial charge on any atom is 0.190 e. The van der Waals surface area contributed by atoms with Gasteiger partial charge in [-0.05, 0) is 24.1 Å². The normalized spacial score (nSPS) is 10.7. The Morgan fingerprint density at radius 2 is 1.80 bits per heavy atom.